The van der Waals surface area contributed by atoms with Crippen molar-refractivity contribution in [1.29, 1.82) is 0 Å². The van der Waals surface area contributed by atoms with Gasteiger partial charge in [-0.2, -0.15) is 0 Å². The van der Waals surface area contributed by atoms with E-state index in [1.807, 2.05) is 125 Å². The number of furan rings is 1. The van der Waals surface area contributed by atoms with Gasteiger partial charge >= 0.3 is 7.12 Å². The summed E-state index contributed by atoms with van der Waals surface area (Å²) in [6, 6.07) is 31.3. The standard InChI is InChI=1S/C30H28BO4P/c1-29(2)30(3,4)35-31(34-29)24-19-20-26(27-23-17-11-12-18-25(23)33-28(24)27)36(32,21-13-7-5-8-14-21)22-15-9-6-10-16-22/h5-20H,1-4H3. The van der Waals surface area contributed by atoms with Crippen molar-refractivity contribution in [3.8, 4) is 0 Å². The van der Waals surface area contributed by atoms with Crippen molar-refractivity contribution in [2.45, 2.75) is 38.9 Å². The van der Waals surface area contributed by atoms with Crippen LogP contribution in [0.2, 0.25) is 0 Å². The molecule has 0 radical (unpaired) electrons. The molecule has 6 rings (SSSR count). The lowest BCUT2D eigenvalue weighted by molar-refractivity contribution is 0.00578. The van der Waals surface area contributed by atoms with Crippen LogP contribution in [0.25, 0.3) is 21.9 Å². The van der Waals surface area contributed by atoms with Crippen molar-refractivity contribution in [3.63, 3.8) is 0 Å². The highest BCUT2D eigenvalue weighted by molar-refractivity contribution is 7.85. The van der Waals surface area contributed by atoms with Gasteiger partial charge in [-0.1, -0.05) is 91.0 Å². The third-order valence-electron chi connectivity index (χ3n) is 7.62. The summed E-state index contributed by atoms with van der Waals surface area (Å²) in [6.45, 7) is 8.15. The third kappa shape index (κ3) is 3.42. The molecular weight excluding hydrogens is 466 g/mol. The number of rotatable bonds is 4. The summed E-state index contributed by atoms with van der Waals surface area (Å²) in [6.07, 6.45) is 0. The van der Waals surface area contributed by atoms with E-state index in [4.69, 9.17) is 13.7 Å². The zero-order valence-electron chi connectivity index (χ0n) is 20.9. The number of benzene rings is 4. The monoisotopic (exact) mass is 494 g/mol. The second kappa shape index (κ2) is 8.21. The highest BCUT2D eigenvalue weighted by atomic mass is 31.2. The largest absolute Gasteiger partial charge is 0.498 e. The maximum atomic E-state index is 15.3. The van der Waals surface area contributed by atoms with E-state index in [2.05, 4.69) is 0 Å². The lowest BCUT2D eigenvalue weighted by atomic mass is 9.78. The van der Waals surface area contributed by atoms with Crippen molar-refractivity contribution < 1.29 is 18.3 Å². The summed E-state index contributed by atoms with van der Waals surface area (Å²) in [7, 11) is -3.83. The van der Waals surface area contributed by atoms with E-state index in [-0.39, 0.29) is 0 Å². The van der Waals surface area contributed by atoms with Gasteiger partial charge in [0.05, 0.1) is 11.2 Å². The molecular formula is C30H28BO4P. The maximum Gasteiger partial charge on any atom is 0.498 e. The minimum Gasteiger partial charge on any atom is -0.456 e. The quantitative estimate of drug-likeness (QED) is 0.244. The summed E-state index contributed by atoms with van der Waals surface area (Å²) >= 11 is 0. The van der Waals surface area contributed by atoms with Gasteiger partial charge in [0.2, 0.25) is 0 Å². The lowest BCUT2D eigenvalue weighted by Gasteiger charge is -2.32. The smallest absolute Gasteiger partial charge is 0.456 e. The van der Waals surface area contributed by atoms with Gasteiger partial charge in [-0.15, -0.1) is 0 Å². The second-order valence-corrected chi connectivity index (χ2v) is 13.1. The van der Waals surface area contributed by atoms with Crippen LogP contribution in [0.15, 0.2) is 101 Å². The predicted molar refractivity (Wildman–Crippen MR) is 149 cm³/mol. The van der Waals surface area contributed by atoms with Gasteiger partial charge in [0, 0.05) is 32.1 Å². The molecule has 1 aliphatic heterocycles. The molecule has 0 bridgehead atoms. The van der Waals surface area contributed by atoms with Crippen LogP contribution in [0, 0.1) is 0 Å². The fourth-order valence-corrected chi connectivity index (χ4v) is 7.81. The molecule has 0 N–H and O–H groups in total. The molecule has 4 aromatic carbocycles. The summed E-state index contributed by atoms with van der Waals surface area (Å²) in [4.78, 5) is 0. The van der Waals surface area contributed by atoms with E-state index >= 15 is 4.57 Å². The first-order valence-corrected chi connectivity index (χ1v) is 13.9. The predicted octanol–water partition coefficient (Wildman–Crippen LogP) is 5.52. The van der Waals surface area contributed by atoms with E-state index in [1.165, 1.54) is 0 Å². The minimum atomic E-state index is -3.24. The molecule has 0 unspecified atom stereocenters. The Balaban J connectivity index is 1.68. The SMILES string of the molecule is CC1(C)OB(c2ccc(P(=O)(c3ccccc3)c3ccccc3)c3c2oc2ccccc23)OC1(C)C. The van der Waals surface area contributed by atoms with Gasteiger partial charge in [0.15, 0.2) is 7.14 Å². The first-order valence-electron chi connectivity index (χ1n) is 12.2. The van der Waals surface area contributed by atoms with Gasteiger partial charge in [-0.25, -0.2) is 0 Å². The normalized spacial score (nSPS) is 17.2. The van der Waals surface area contributed by atoms with Crippen LogP contribution in [0.1, 0.15) is 27.7 Å². The Morgan fingerprint density at radius 2 is 1.19 bits per heavy atom. The average molecular weight is 494 g/mol. The molecule has 1 aliphatic rings. The molecule has 4 nitrogen and oxygen atoms in total. The van der Waals surface area contributed by atoms with Crippen LogP contribution < -0.4 is 21.4 Å². The highest BCUT2D eigenvalue weighted by Crippen LogP contribution is 2.46. The van der Waals surface area contributed by atoms with Gasteiger partial charge in [0.1, 0.15) is 11.2 Å². The first kappa shape index (κ1) is 23.3. The zero-order chi connectivity index (χ0) is 25.1. The van der Waals surface area contributed by atoms with Crippen LogP contribution in [0.4, 0.5) is 0 Å². The molecule has 0 saturated carbocycles. The zero-order valence-corrected chi connectivity index (χ0v) is 21.8. The fraction of sp³-hybridized carbons (Fsp3) is 0.200. The van der Waals surface area contributed by atoms with Crippen LogP contribution in [-0.4, -0.2) is 18.3 Å². The Kier molecular flexibility index (Phi) is 5.31. The fourth-order valence-electron chi connectivity index (χ4n) is 4.95. The maximum absolute atomic E-state index is 15.3. The highest BCUT2D eigenvalue weighted by Gasteiger charge is 2.52. The first-order chi connectivity index (χ1) is 17.2. The molecule has 0 spiro atoms. The van der Waals surface area contributed by atoms with Crippen molar-refractivity contribution in [3.05, 3.63) is 97.1 Å². The number of para-hydroxylation sites is 1. The van der Waals surface area contributed by atoms with Crippen LogP contribution in [0.3, 0.4) is 0 Å². The van der Waals surface area contributed by atoms with Crippen molar-refractivity contribution in [1.82, 2.24) is 0 Å². The van der Waals surface area contributed by atoms with E-state index < -0.39 is 25.5 Å². The summed E-state index contributed by atoms with van der Waals surface area (Å²) < 4.78 is 34.6. The molecule has 2 heterocycles. The van der Waals surface area contributed by atoms with Crippen molar-refractivity contribution >= 4 is 57.6 Å². The molecule has 6 heteroatoms. The molecule has 36 heavy (non-hydrogen) atoms. The Bertz CT molecular complexity index is 1560. The molecule has 1 aromatic heterocycles. The summed E-state index contributed by atoms with van der Waals surface area (Å²) in [5.74, 6) is 0. The van der Waals surface area contributed by atoms with Crippen LogP contribution in [-0.2, 0) is 13.9 Å². The molecule has 180 valence electrons. The molecule has 1 saturated heterocycles. The summed E-state index contributed by atoms with van der Waals surface area (Å²) in [5.41, 5.74) is 1.22. The molecule has 0 atom stereocenters. The van der Waals surface area contributed by atoms with Gasteiger partial charge in [0.25, 0.3) is 0 Å². The third-order valence-corrected chi connectivity index (χ3v) is 10.7. The number of hydrogen-bond acceptors (Lipinski definition) is 4. The molecule has 0 amide bonds. The Labute approximate surface area is 211 Å². The van der Waals surface area contributed by atoms with Gasteiger partial charge in [-0.05, 0) is 33.8 Å². The molecule has 5 aromatic rings. The topological polar surface area (TPSA) is 48.7 Å². The second-order valence-electron chi connectivity index (χ2n) is 10.3. The van der Waals surface area contributed by atoms with Crippen LogP contribution in [0.5, 0.6) is 0 Å². The molecule has 0 aliphatic carbocycles. The lowest BCUT2D eigenvalue weighted by Crippen LogP contribution is -2.41. The van der Waals surface area contributed by atoms with Crippen molar-refractivity contribution in [2.75, 3.05) is 0 Å². The Morgan fingerprint density at radius 1 is 0.667 bits per heavy atom. The summed E-state index contributed by atoms with van der Waals surface area (Å²) in [5, 5.41) is 4.08. The van der Waals surface area contributed by atoms with Gasteiger partial charge < -0.3 is 18.3 Å². The van der Waals surface area contributed by atoms with Crippen molar-refractivity contribution in [2.24, 2.45) is 0 Å². The van der Waals surface area contributed by atoms with E-state index in [0.717, 1.165) is 37.7 Å². The Morgan fingerprint density at radius 3 is 1.78 bits per heavy atom. The van der Waals surface area contributed by atoms with E-state index in [0.29, 0.717) is 5.58 Å². The Hall–Kier alpha value is -3.11. The minimum absolute atomic E-state index is 0.488. The number of fused-ring (bicyclic) bond motifs is 3. The van der Waals surface area contributed by atoms with E-state index in [9.17, 15) is 0 Å². The molecule has 1 fully saturated rings. The van der Waals surface area contributed by atoms with Crippen LogP contribution >= 0.6 is 7.14 Å². The number of hydrogen-bond donors (Lipinski definition) is 0. The van der Waals surface area contributed by atoms with Gasteiger partial charge in [-0.3, -0.25) is 0 Å². The average Bonchev–Trinajstić information content (AvgIpc) is 3.37. The van der Waals surface area contributed by atoms with E-state index in [1.54, 1.807) is 0 Å².